The summed E-state index contributed by atoms with van der Waals surface area (Å²) in [6, 6.07) is 8.75. The summed E-state index contributed by atoms with van der Waals surface area (Å²) in [5.41, 5.74) is 7.44. The Labute approximate surface area is 197 Å². The summed E-state index contributed by atoms with van der Waals surface area (Å²) in [4.78, 5) is 8.30. The zero-order chi connectivity index (χ0) is 21.0. The molecule has 0 aliphatic carbocycles. The van der Waals surface area contributed by atoms with Crippen LogP contribution in [0.1, 0.15) is 42.1 Å². The van der Waals surface area contributed by atoms with E-state index >= 15 is 0 Å². The van der Waals surface area contributed by atoms with Crippen LogP contribution in [-0.2, 0) is 19.9 Å². The standard InChI is InChI=1S/C23H34N6.HI/c1-7-24-23(26-15(2)14-21-17(4)28-29(6)18(21)5)25-13-12-19-16(3)27-22-11-9-8-10-20(19)22;/h8-11,15,27H,7,12-14H2,1-6H3,(H2,24,25,26);1H. The number of H-pyrrole nitrogens is 1. The highest BCUT2D eigenvalue weighted by atomic mass is 127. The van der Waals surface area contributed by atoms with Crippen LogP contribution in [0.25, 0.3) is 10.9 Å². The number of nitrogens with one attached hydrogen (secondary N) is 3. The number of halogens is 1. The number of rotatable bonds is 7. The molecular weight excluding hydrogens is 487 g/mol. The van der Waals surface area contributed by atoms with Gasteiger partial charge in [-0.05, 0) is 64.7 Å². The lowest BCUT2D eigenvalue weighted by Gasteiger charge is -2.18. The van der Waals surface area contributed by atoms with Crippen LogP contribution in [-0.4, -0.2) is 39.9 Å². The number of benzene rings is 1. The van der Waals surface area contributed by atoms with Crippen LogP contribution < -0.4 is 10.6 Å². The first kappa shape index (κ1) is 24.2. The van der Waals surface area contributed by atoms with Crippen LogP contribution in [0.2, 0.25) is 0 Å². The smallest absolute Gasteiger partial charge is 0.191 e. The fourth-order valence-corrected chi connectivity index (χ4v) is 3.96. The van der Waals surface area contributed by atoms with E-state index in [1.807, 2.05) is 11.7 Å². The maximum Gasteiger partial charge on any atom is 0.191 e. The van der Waals surface area contributed by atoms with E-state index in [0.717, 1.165) is 37.6 Å². The van der Waals surface area contributed by atoms with E-state index in [0.29, 0.717) is 0 Å². The van der Waals surface area contributed by atoms with Gasteiger partial charge in [0, 0.05) is 48.5 Å². The molecule has 0 aliphatic rings. The van der Waals surface area contributed by atoms with Crippen LogP contribution in [0, 0.1) is 20.8 Å². The highest BCUT2D eigenvalue weighted by molar-refractivity contribution is 14.0. The van der Waals surface area contributed by atoms with Crippen molar-refractivity contribution >= 4 is 40.8 Å². The molecule has 7 heteroatoms. The summed E-state index contributed by atoms with van der Waals surface area (Å²) in [6.45, 7) is 12.2. The minimum Gasteiger partial charge on any atom is -0.358 e. The zero-order valence-corrected chi connectivity index (χ0v) is 21.3. The summed E-state index contributed by atoms with van der Waals surface area (Å²) < 4.78 is 1.96. The van der Waals surface area contributed by atoms with Gasteiger partial charge in [-0.2, -0.15) is 5.10 Å². The second-order valence-electron chi connectivity index (χ2n) is 7.81. The molecule has 0 saturated carbocycles. The van der Waals surface area contributed by atoms with Gasteiger partial charge in [0.15, 0.2) is 5.96 Å². The van der Waals surface area contributed by atoms with Crippen molar-refractivity contribution in [2.45, 2.75) is 53.5 Å². The molecule has 164 valence electrons. The van der Waals surface area contributed by atoms with Crippen molar-refractivity contribution in [3.05, 3.63) is 52.5 Å². The molecule has 0 saturated heterocycles. The molecule has 3 rings (SSSR count). The average Bonchev–Trinajstić information content (AvgIpc) is 3.12. The molecule has 6 nitrogen and oxygen atoms in total. The Bertz CT molecular complexity index is 1000. The van der Waals surface area contributed by atoms with E-state index < -0.39 is 0 Å². The van der Waals surface area contributed by atoms with Gasteiger partial charge in [-0.3, -0.25) is 9.67 Å². The maximum absolute atomic E-state index is 4.83. The normalized spacial score (nSPS) is 12.7. The minimum absolute atomic E-state index is 0. The first-order valence-corrected chi connectivity index (χ1v) is 10.5. The fraction of sp³-hybridized carbons (Fsp3) is 0.478. The Morgan fingerprint density at radius 3 is 2.60 bits per heavy atom. The lowest BCUT2D eigenvalue weighted by Crippen LogP contribution is -2.43. The monoisotopic (exact) mass is 522 g/mol. The van der Waals surface area contributed by atoms with Crippen molar-refractivity contribution in [2.75, 3.05) is 13.1 Å². The second-order valence-corrected chi connectivity index (χ2v) is 7.81. The lowest BCUT2D eigenvalue weighted by atomic mass is 10.1. The molecule has 1 unspecified atom stereocenters. The van der Waals surface area contributed by atoms with Gasteiger partial charge in [-0.25, -0.2) is 0 Å². The number of guanidine groups is 1. The number of fused-ring (bicyclic) bond motifs is 1. The summed E-state index contributed by atoms with van der Waals surface area (Å²) in [5.74, 6) is 0.872. The van der Waals surface area contributed by atoms with Crippen LogP contribution in [0.5, 0.6) is 0 Å². The first-order chi connectivity index (χ1) is 13.9. The Morgan fingerprint density at radius 2 is 1.93 bits per heavy atom. The molecule has 0 spiro atoms. The van der Waals surface area contributed by atoms with Gasteiger partial charge in [-0.1, -0.05) is 18.2 Å². The predicted octanol–water partition coefficient (Wildman–Crippen LogP) is 4.17. The van der Waals surface area contributed by atoms with Gasteiger partial charge in [0.1, 0.15) is 0 Å². The number of aliphatic imine (C=N–C) groups is 1. The summed E-state index contributed by atoms with van der Waals surface area (Å²) >= 11 is 0. The van der Waals surface area contributed by atoms with Crippen LogP contribution in [0.3, 0.4) is 0 Å². The molecule has 3 N–H and O–H groups in total. The SMILES string of the molecule is CCNC(=NCCc1c(C)[nH]c2ccccc12)NC(C)Cc1c(C)nn(C)c1C.I. The van der Waals surface area contributed by atoms with Gasteiger partial charge in [0.05, 0.1) is 5.69 Å². The third kappa shape index (κ3) is 5.56. The third-order valence-corrected chi connectivity index (χ3v) is 5.56. The molecule has 2 aromatic heterocycles. The number of hydrogen-bond acceptors (Lipinski definition) is 2. The first-order valence-electron chi connectivity index (χ1n) is 10.5. The topological polar surface area (TPSA) is 70.0 Å². The molecule has 3 aromatic rings. The van der Waals surface area contributed by atoms with Crippen molar-refractivity contribution in [2.24, 2.45) is 12.0 Å². The molecule has 30 heavy (non-hydrogen) atoms. The Kier molecular flexibility index (Phi) is 8.76. The van der Waals surface area contributed by atoms with Crippen molar-refractivity contribution < 1.29 is 0 Å². The molecule has 1 aromatic carbocycles. The summed E-state index contributed by atoms with van der Waals surface area (Å²) in [6.07, 6.45) is 1.85. The van der Waals surface area contributed by atoms with Crippen molar-refractivity contribution in [1.29, 1.82) is 0 Å². The molecule has 0 aliphatic heterocycles. The number of aromatic amines is 1. The Balaban J connectivity index is 0.00000320. The Hall–Kier alpha value is -2.03. The number of aryl methyl sites for hydroxylation is 3. The lowest BCUT2D eigenvalue weighted by molar-refractivity contribution is 0.635. The highest BCUT2D eigenvalue weighted by Crippen LogP contribution is 2.22. The molecule has 1 atom stereocenters. The van der Waals surface area contributed by atoms with E-state index in [1.54, 1.807) is 0 Å². The molecule has 2 heterocycles. The predicted molar refractivity (Wildman–Crippen MR) is 137 cm³/mol. The molecular formula is C23H35IN6. The molecule has 0 amide bonds. The van der Waals surface area contributed by atoms with Gasteiger partial charge in [0.2, 0.25) is 0 Å². The van der Waals surface area contributed by atoms with E-state index in [-0.39, 0.29) is 30.0 Å². The third-order valence-electron chi connectivity index (χ3n) is 5.56. The van der Waals surface area contributed by atoms with E-state index in [4.69, 9.17) is 4.99 Å². The largest absolute Gasteiger partial charge is 0.358 e. The Morgan fingerprint density at radius 1 is 1.20 bits per heavy atom. The molecule has 0 fully saturated rings. The zero-order valence-electron chi connectivity index (χ0n) is 19.0. The average molecular weight is 522 g/mol. The summed E-state index contributed by atoms with van der Waals surface area (Å²) in [5, 5.41) is 12.8. The van der Waals surface area contributed by atoms with Crippen molar-refractivity contribution in [3.8, 4) is 0 Å². The maximum atomic E-state index is 4.83. The van der Waals surface area contributed by atoms with Crippen LogP contribution in [0.4, 0.5) is 0 Å². The van der Waals surface area contributed by atoms with Gasteiger partial charge < -0.3 is 15.6 Å². The van der Waals surface area contributed by atoms with Crippen LogP contribution >= 0.6 is 24.0 Å². The summed E-state index contributed by atoms with van der Waals surface area (Å²) in [7, 11) is 2.00. The van der Waals surface area contributed by atoms with Crippen molar-refractivity contribution in [1.82, 2.24) is 25.4 Å². The van der Waals surface area contributed by atoms with Gasteiger partial charge in [-0.15, -0.1) is 24.0 Å². The van der Waals surface area contributed by atoms with E-state index in [9.17, 15) is 0 Å². The number of para-hydroxylation sites is 1. The quantitative estimate of drug-likeness (QED) is 0.248. The minimum atomic E-state index is 0. The fourth-order valence-electron chi connectivity index (χ4n) is 3.96. The number of aromatic nitrogens is 3. The van der Waals surface area contributed by atoms with E-state index in [2.05, 4.69) is 79.6 Å². The molecule has 0 radical (unpaired) electrons. The van der Waals surface area contributed by atoms with Gasteiger partial charge in [0.25, 0.3) is 0 Å². The number of nitrogens with zero attached hydrogens (tertiary/aromatic N) is 3. The molecule has 0 bridgehead atoms. The number of hydrogen-bond donors (Lipinski definition) is 3. The van der Waals surface area contributed by atoms with E-state index in [1.165, 1.54) is 33.4 Å². The van der Waals surface area contributed by atoms with Crippen LogP contribution in [0.15, 0.2) is 29.3 Å². The van der Waals surface area contributed by atoms with Crippen molar-refractivity contribution in [3.63, 3.8) is 0 Å². The highest BCUT2D eigenvalue weighted by Gasteiger charge is 2.14. The second kappa shape index (κ2) is 10.8. The van der Waals surface area contributed by atoms with Gasteiger partial charge >= 0.3 is 0 Å².